The molecule has 7 heteroatoms. The molecule has 27 heavy (non-hydrogen) atoms. The van der Waals surface area contributed by atoms with Gasteiger partial charge in [0.25, 0.3) is 5.91 Å². The lowest BCUT2D eigenvalue weighted by Crippen LogP contribution is -2.16. The summed E-state index contributed by atoms with van der Waals surface area (Å²) in [6.45, 7) is 1.86. The smallest absolute Gasteiger partial charge is 0.256 e. The van der Waals surface area contributed by atoms with E-state index >= 15 is 0 Å². The third-order valence-corrected chi connectivity index (χ3v) is 4.59. The quantitative estimate of drug-likeness (QED) is 0.750. The molecule has 1 amide bonds. The molecule has 2 heterocycles. The predicted octanol–water partition coefficient (Wildman–Crippen LogP) is 3.54. The van der Waals surface area contributed by atoms with Gasteiger partial charge in [-0.2, -0.15) is 14.9 Å². The Morgan fingerprint density at radius 2 is 2.00 bits per heavy atom. The topological polar surface area (TPSA) is 81.9 Å². The molecule has 0 spiro atoms. The minimum absolute atomic E-state index is 0.228. The predicted molar refractivity (Wildman–Crippen MR) is 101 cm³/mol. The summed E-state index contributed by atoms with van der Waals surface area (Å²) in [5.41, 5.74) is 1.35. The molecule has 138 valence electrons. The Balaban J connectivity index is 1.50. The van der Waals surface area contributed by atoms with Gasteiger partial charge >= 0.3 is 0 Å². The van der Waals surface area contributed by atoms with Crippen LogP contribution in [0, 0.1) is 6.92 Å². The zero-order chi connectivity index (χ0) is 18.6. The number of anilines is 1. The summed E-state index contributed by atoms with van der Waals surface area (Å²) in [6.07, 6.45) is 6.43. The molecule has 0 unspecified atom stereocenters. The number of amides is 1. The highest BCUT2D eigenvalue weighted by Gasteiger charge is 2.17. The molecule has 0 bridgehead atoms. The second-order valence-electron chi connectivity index (χ2n) is 6.67. The van der Waals surface area contributed by atoms with Crippen LogP contribution < -0.4 is 10.1 Å². The monoisotopic (exact) mass is 363 g/mol. The summed E-state index contributed by atoms with van der Waals surface area (Å²) in [7, 11) is 0. The zero-order valence-electron chi connectivity index (χ0n) is 15.1. The van der Waals surface area contributed by atoms with E-state index in [4.69, 9.17) is 4.74 Å². The maximum atomic E-state index is 12.7. The van der Waals surface area contributed by atoms with Crippen molar-refractivity contribution in [3.63, 3.8) is 0 Å². The molecule has 1 N–H and O–H groups in total. The van der Waals surface area contributed by atoms with E-state index in [0.29, 0.717) is 17.2 Å². The SMILES string of the molecule is Cc1ccc(-n2nccc2NC(=O)c2cccc(OC3CCCC3)c2)nn1. The normalized spacial score (nSPS) is 14.3. The minimum atomic E-state index is -0.228. The summed E-state index contributed by atoms with van der Waals surface area (Å²) in [6, 6.07) is 12.6. The van der Waals surface area contributed by atoms with Crippen molar-refractivity contribution in [2.45, 2.75) is 38.7 Å². The molecule has 1 fully saturated rings. The fourth-order valence-electron chi connectivity index (χ4n) is 3.18. The fraction of sp³-hybridized carbons (Fsp3) is 0.300. The number of carbonyl (C=O) groups excluding carboxylic acids is 1. The first-order valence-electron chi connectivity index (χ1n) is 9.12. The molecule has 0 atom stereocenters. The number of rotatable bonds is 5. The largest absolute Gasteiger partial charge is 0.490 e. The van der Waals surface area contributed by atoms with Crippen molar-refractivity contribution >= 4 is 11.7 Å². The van der Waals surface area contributed by atoms with Crippen molar-refractivity contribution in [1.82, 2.24) is 20.0 Å². The number of nitrogens with one attached hydrogen (secondary N) is 1. The lowest BCUT2D eigenvalue weighted by atomic mass is 10.2. The second kappa shape index (κ2) is 7.57. The summed E-state index contributed by atoms with van der Waals surface area (Å²) < 4.78 is 7.53. The van der Waals surface area contributed by atoms with Crippen molar-refractivity contribution in [2.24, 2.45) is 0 Å². The number of ether oxygens (including phenoxy) is 1. The fourth-order valence-corrected chi connectivity index (χ4v) is 3.18. The van der Waals surface area contributed by atoms with Crippen LogP contribution >= 0.6 is 0 Å². The Labute approximate surface area is 157 Å². The van der Waals surface area contributed by atoms with Crippen LogP contribution in [-0.2, 0) is 0 Å². The Bertz CT molecular complexity index is 930. The van der Waals surface area contributed by atoms with Gasteiger partial charge in [-0.05, 0) is 62.9 Å². The summed E-state index contributed by atoms with van der Waals surface area (Å²) >= 11 is 0. The van der Waals surface area contributed by atoms with E-state index in [2.05, 4.69) is 20.6 Å². The Morgan fingerprint density at radius 3 is 2.78 bits per heavy atom. The van der Waals surface area contributed by atoms with Gasteiger partial charge in [0.15, 0.2) is 5.82 Å². The van der Waals surface area contributed by atoms with Gasteiger partial charge in [-0.25, -0.2) is 0 Å². The number of hydrogen-bond acceptors (Lipinski definition) is 5. The zero-order valence-corrected chi connectivity index (χ0v) is 15.1. The van der Waals surface area contributed by atoms with Gasteiger partial charge in [0, 0.05) is 11.6 Å². The van der Waals surface area contributed by atoms with E-state index in [1.165, 1.54) is 12.8 Å². The summed E-state index contributed by atoms with van der Waals surface area (Å²) in [5, 5.41) is 15.2. The van der Waals surface area contributed by atoms with Gasteiger partial charge in [-0.15, -0.1) is 5.10 Å². The first-order chi connectivity index (χ1) is 13.2. The van der Waals surface area contributed by atoms with Crippen LogP contribution in [0.5, 0.6) is 5.75 Å². The lowest BCUT2D eigenvalue weighted by Gasteiger charge is -2.14. The molecule has 0 radical (unpaired) electrons. The second-order valence-corrected chi connectivity index (χ2v) is 6.67. The van der Waals surface area contributed by atoms with E-state index in [-0.39, 0.29) is 12.0 Å². The number of aromatic nitrogens is 4. The standard InChI is InChI=1S/C20H21N5O2/c1-14-9-10-19(24-23-14)25-18(11-12-21-25)22-20(26)15-5-4-8-17(13-15)27-16-6-2-3-7-16/h4-5,8-13,16H,2-3,6-7H2,1H3,(H,22,26). The average molecular weight is 363 g/mol. The molecule has 4 rings (SSSR count). The molecule has 0 saturated heterocycles. The van der Waals surface area contributed by atoms with Crippen molar-refractivity contribution in [1.29, 1.82) is 0 Å². The van der Waals surface area contributed by atoms with E-state index in [1.807, 2.05) is 25.1 Å². The Kier molecular flexibility index (Phi) is 4.82. The molecular weight excluding hydrogens is 342 g/mol. The maximum absolute atomic E-state index is 12.7. The molecule has 3 aromatic rings. The van der Waals surface area contributed by atoms with Gasteiger partial charge in [0.2, 0.25) is 0 Å². The van der Waals surface area contributed by atoms with Crippen molar-refractivity contribution < 1.29 is 9.53 Å². The number of nitrogens with zero attached hydrogens (tertiary/aromatic N) is 4. The summed E-state index contributed by atoms with van der Waals surface area (Å²) in [5.74, 6) is 1.57. The first-order valence-corrected chi connectivity index (χ1v) is 9.12. The van der Waals surface area contributed by atoms with Crippen LogP contribution in [-0.4, -0.2) is 32.0 Å². The van der Waals surface area contributed by atoms with Gasteiger partial charge in [-0.1, -0.05) is 6.07 Å². The van der Waals surface area contributed by atoms with E-state index < -0.39 is 0 Å². The maximum Gasteiger partial charge on any atom is 0.256 e. The van der Waals surface area contributed by atoms with E-state index in [9.17, 15) is 4.79 Å². The van der Waals surface area contributed by atoms with Crippen molar-refractivity contribution in [3.8, 4) is 11.6 Å². The van der Waals surface area contributed by atoms with Crippen molar-refractivity contribution in [2.75, 3.05) is 5.32 Å². The number of aryl methyl sites for hydroxylation is 1. The molecule has 7 nitrogen and oxygen atoms in total. The van der Waals surface area contributed by atoms with Crippen LogP contribution in [0.1, 0.15) is 41.7 Å². The van der Waals surface area contributed by atoms with Crippen LogP contribution in [0.3, 0.4) is 0 Å². The highest BCUT2D eigenvalue weighted by Crippen LogP contribution is 2.25. The molecule has 1 aromatic carbocycles. The third-order valence-electron chi connectivity index (χ3n) is 4.59. The number of carbonyl (C=O) groups is 1. The van der Waals surface area contributed by atoms with Gasteiger partial charge in [-0.3, -0.25) is 4.79 Å². The van der Waals surface area contributed by atoms with Crippen molar-refractivity contribution in [3.05, 3.63) is 59.9 Å². The lowest BCUT2D eigenvalue weighted by molar-refractivity contribution is 0.102. The molecular formula is C20H21N5O2. The molecule has 1 aliphatic rings. The van der Waals surface area contributed by atoms with E-state index in [0.717, 1.165) is 24.3 Å². The Hall–Kier alpha value is -3.22. The average Bonchev–Trinajstić information content (AvgIpc) is 3.35. The van der Waals surface area contributed by atoms with E-state index in [1.54, 1.807) is 35.1 Å². The third kappa shape index (κ3) is 3.97. The molecule has 0 aliphatic heterocycles. The van der Waals surface area contributed by atoms with Crippen LogP contribution in [0.15, 0.2) is 48.7 Å². The van der Waals surface area contributed by atoms with Crippen LogP contribution in [0.4, 0.5) is 5.82 Å². The Morgan fingerprint density at radius 1 is 1.15 bits per heavy atom. The number of benzene rings is 1. The molecule has 2 aromatic heterocycles. The van der Waals surface area contributed by atoms with Gasteiger partial charge < -0.3 is 10.1 Å². The molecule has 1 aliphatic carbocycles. The summed E-state index contributed by atoms with van der Waals surface area (Å²) in [4.78, 5) is 12.7. The minimum Gasteiger partial charge on any atom is -0.490 e. The first kappa shape index (κ1) is 17.2. The van der Waals surface area contributed by atoms with Gasteiger partial charge in [0.1, 0.15) is 11.6 Å². The number of hydrogen-bond donors (Lipinski definition) is 1. The van der Waals surface area contributed by atoms with Gasteiger partial charge in [0.05, 0.1) is 18.0 Å². The molecule has 1 saturated carbocycles. The van der Waals surface area contributed by atoms with Crippen LogP contribution in [0.25, 0.3) is 5.82 Å². The highest BCUT2D eigenvalue weighted by molar-refractivity contribution is 6.04. The highest BCUT2D eigenvalue weighted by atomic mass is 16.5. The van der Waals surface area contributed by atoms with Crippen LogP contribution in [0.2, 0.25) is 0 Å².